The predicted octanol–water partition coefficient (Wildman–Crippen LogP) is 9.31. The molecular formula is C41H40O4. The van der Waals surface area contributed by atoms with Crippen LogP contribution in [0.2, 0.25) is 0 Å². The van der Waals surface area contributed by atoms with Gasteiger partial charge in [-0.3, -0.25) is 0 Å². The van der Waals surface area contributed by atoms with E-state index in [2.05, 4.69) is 30.6 Å². The van der Waals surface area contributed by atoms with Gasteiger partial charge in [-0.1, -0.05) is 86.6 Å². The molecule has 0 saturated carbocycles. The van der Waals surface area contributed by atoms with Gasteiger partial charge in [0.05, 0.1) is 17.2 Å². The topological polar surface area (TPSA) is 52.6 Å². The molecule has 4 aromatic carbocycles. The van der Waals surface area contributed by atoms with Gasteiger partial charge in [0.25, 0.3) is 0 Å². The quantitative estimate of drug-likeness (QED) is 0.0984. The predicted molar refractivity (Wildman–Crippen MR) is 180 cm³/mol. The fourth-order valence-electron chi connectivity index (χ4n) is 4.67. The van der Waals surface area contributed by atoms with Gasteiger partial charge in [0, 0.05) is 22.3 Å². The first-order valence-corrected chi connectivity index (χ1v) is 15.7. The first-order valence-electron chi connectivity index (χ1n) is 15.7. The standard InChI is InChI=1S/C41H40O4/c1-4-5-6-7-9-12-31(2)44-40(42)38-27-23-35(24-28-38)21-19-33-15-17-34(18-16-33)20-22-36-25-29-39(30-26-36)41(43)45-32(3)37-13-10-8-11-14-37/h8,10-11,13-18,23-32H,4-7,9,12H2,1-3H3. The van der Waals surface area contributed by atoms with Gasteiger partial charge in [-0.05, 0) is 105 Å². The normalized spacial score (nSPS) is 11.6. The zero-order chi connectivity index (χ0) is 31.9. The number of hydrogen-bond acceptors (Lipinski definition) is 4. The van der Waals surface area contributed by atoms with Gasteiger partial charge in [-0.15, -0.1) is 0 Å². The van der Waals surface area contributed by atoms with E-state index in [1.54, 1.807) is 24.3 Å². The number of esters is 2. The Hall–Kier alpha value is -5.06. The average Bonchev–Trinajstić information content (AvgIpc) is 3.07. The van der Waals surface area contributed by atoms with Crippen molar-refractivity contribution >= 4 is 11.9 Å². The molecule has 0 saturated heterocycles. The highest BCUT2D eigenvalue weighted by Crippen LogP contribution is 2.18. The lowest BCUT2D eigenvalue weighted by Gasteiger charge is -2.13. The average molecular weight is 597 g/mol. The van der Waals surface area contributed by atoms with E-state index < -0.39 is 0 Å². The summed E-state index contributed by atoms with van der Waals surface area (Å²) < 4.78 is 11.2. The monoisotopic (exact) mass is 596 g/mol. The van der Waals surface area contributed by atoms with E-state index >= 15 is 0 Å². The summed E-state index contributed by atoms with van der Waals surface area (Å²) in [6.45, 7) is 6.02. The Balaban J connectivity index is 1.26. The number of carbonyl (C=O) groups excluding carboxylic acids is 2. The van der Waals surface area contributed by atoms with Gasteiger partial charge < -0.3 is 9.47 Å². The lowest BCUT2D eigenvalue weighted by molar-refractivity contribution is 0.0315. The van der Waals surface area contributed by atoms with Crippen LogP contribution in [0.25, 0.3) is 0 Å². The summed E-state index contributed by atoms with van der Waals surface area (Å²) >= 11 is 0. The smallest absolute Gasteiger partial charge is 0.338 e. The Morgan fingerprint density at radius 2 is 0.978 bits per heavy atom. The van der Waals surface area contributed by atoms with Crippen LogP contribution in [0, 0.1) is 23.7 Å². The summed E-state index contributed by atoms with van der Waals surface area (Å²) in [5, 5.41) is 0. The molecule has 0 aliphatic rings. The molecule has 0 amide bonds. The summed E-state index contributed by atoms with van der Waals surface area (Å²) in [6.07, 6.45) is 6.47. The zero-order valence-electron chi connectivity index (χ0n) is 26.3. The van der Waals surface area contributed by atoms with Crippen molar-refractivity contribution in [2.75, 3.05) is 0 Å². The molecule has 0 radical (unpaired) electrons. The Bertz CT molecular complexity index is 1650. The molecule has 0 bridgehead atoms. The van der Waals surface area contributed by atoms with Crippen molar-refractivity contribution in [3.8, 4) is 23.7 Å². The highest BCUT2D eigenvalue weighted by Gasteiger charge is 2.14. The third-order valence-electron chi connectivity index (χ3n) is 7.40. The van der Waals surface area contributed by atoms with E-state index in [1.807, 2.05) is 92.7 Å². The Labute approximate surface area is 267 Å². The molecule has 228 valence electrons. The summed E-state index contributed by atoms with van der Waals surface area (Å²) in [4.78, 5) is 25.0. The van der Waals surface area contributed by atoms with Crippen LogP contribution in [-0.4, -0.2) is 18.0 Å². The fourth-order valence-corrected chi connectivity index (χ4v) is 4.67. The van der Waals surface area contributed by atoms with Crippen molar-refractivity contribution < 1.29 is 19.1 Å². The highest BCUT2D eigenvalue weighted by molar-refractivity contribution is 5.90. The second-order valence-corrected chi connectivity index (χ2v) is 11.1. The maximum atomic E-state index is 12.5. The van der Waals surface area contributed by atoms with E-state index in [0.29, 0.717) is 11.1 Å². The minimum absolute atomic E-state index is 0.0862. The summed E-state index contributed by atoms with van der Waals surface area (Å²) in [5.41, 5.74) is 5.32. The molecule has 4 rings (SSSR count). The molecule has 45 heavy (non-hydrogen) atoms. The molecule has 4 heteroatoms. The van der Waals surface area contributed by atoms with Crippen molar-refractivity contribution in [3.63, 3.8) is 0 Å². The number of benzene rings is 4. The lowest BCUT2D eigenvalue weighted by Crippen LogP contribution is -2.15. The van der Waals surface area contributed by atoms with E-state index in [1.165, 1.54) is 25.7 Å². The van der Waals surface area contributed by atoms with Gasteiger partial charge in [0.15, 0.2) is 0 Å². The zero-order valence-corrected chi connectivity index (χ0v) is 26.3. The van der Waals surface area contributed by atoms with Gasteiger partial charge in [0.1, 0.15) is 6.10 Å². The van der Waals surface area contributed by atoms with Gasteiger partial charge in [-0.2, -0.15) is 0 Å². The third-order valence-corrected chi connectivity index (χ3v) is 7.40. The van der Waals surface area contributed by atoms with E-state index in [-0.39, 0.29) is 24.1 Å². The number of rotatable bonds is 11. The molecule has 2 atom stereocenters. The first-order chi connectivity index (χ1) is 21.9. The van der Waals surface area contributed by atoms with E-state index in [4.69, 9.17) is 9.47 Å². The Morgan fingerprint density at radius 1 is 0.556 bits per heavy atom. The van der Waals surface area contributed by atoms with Crippen LogP contribution in [0.4, 0.5) is 0 Å². The number of ether oxygens (including phenoxy) is 2. The maximum Gasteiger partial charge on any atom is 0.338 e. The van der Waals surface area contributed by atoms with Crippen LogP contribution in [0.3, 0.4) is 0 Å². The molecule has 4 aromatic rings. The maximum absolute atomic E-state index is 12.5. The lowest BCUT2D eigenvalue weighted by atomic mass is 10.1. The SMILES string of the molecule is CCCCCCCC(C)OC(=O)c1ccc(C#Cc2ccc(C#Cc3ccc(C(=O)OC(C)c4ccccc4)cc3)cc2)cc1. The largest absolute Gasteiger partial charge is 0.459 e. The minimum Gasteiger partial charge on any atom is -0.459 e. The Kier molecular flexibility index (Phi) is 12.6. The molecule has 2 unspecified atom stereocenters. The van der Waals surface area contributed by atoms with E-state index in [9.17, 15) is 9.59 Å². The number of unbranched alkanes of at least 4 members (excludes halogenated alkanes) is 4. The van der Waals surface area contributed by atoms with Gasteiger partial charge >= 0.3 is 11.9 Å². The molecule has 0 fully saturated rings. The van der Waals surface area contributed by atoms with Crippen molar-refractivity contribution in [1.82, 2.24) is 0 Å². The van der Waals surface area contributed by atoms with Crippen LogP contribution in [-0.2, 0) is 9.47 Å². The molecule has 0 aliphatic carbocycles. The summed E-state index contributed by atoms with van der Waals surface area (Å²) in [7, 11) is 0. The first kappa shape index (κ1) is 32.8. The van der Waals surface area contributed by atoms with E-state index in [0.717, 1.165) is 40.7 Å². The second kappa shape index (κ2) is 17.3. The van der Waals surface area contributed by atoms with Crippen molar-refractivity contribution in [3.05, 3.63) is 142 Å². The van der Waals surface area contributed by atoms with Crippen LogP contribution in [0.1, 0.15) is 114 Å². The molecular weight excluding hydrogens is 556 g/mol. The highest BCUT2D eigenvalue weighted by atomic mass is 16.5. The Morgan fingerprint density at radius 3 is 1.44 bits per heavy atom. The van der Waals surface area contributed by atoms with Crippen LogP contribution in [0.15, 0.2) is 103 Å². The second-order valence-electron chi connectivity index (χ2n) is 11.1. The molecule has 0 heterocycles. The molecule has 0 spiro atoms. The molecule has 0 aliphatic heterocycles. The summed E-state index contributed by atoms with van der Waals surface area (Å²) in [6, 6.07) is 31.7. The molecule has 0 N–H and O–H groups in total. The number of hydrogen-bond donors (Lipinski definition) is 0. The van der Waals surface area contributed by atoms with Crippen molar-refractivity contribution in [2.24, 2.45) is 0 Å². The van der Waals surface area contributed by atoms with Crippen molar-refractivity contribution in [2.45, 2.75) is 71.5 Å². The van der Waals surface area contributed by atoms with Crippen LogP contribution in [0.5, 0.6) is 0 Å². The third kappa shape index (κ3) is 10.9. The minimum atomic E-state index is -0.366. The fraction of sp³-hybridized carbons (Fsp3) is 0.268. The van der Waals surface area contributed by atoms with Crippen LogP contribution >= 0.6 is 0 Å². The molecule has 0 aromatic heterocycles. The van der Waals surface area contributed by atoms with Crippen molar-refractivity contribution in [1.29, 1.82) is 0 Å². The molecule has 4 nitrogen and oxygen atoms in total. The van der Waals surface area contributed by atoms with Gasteiger partial charge in [-0.25, -0.2) is 9.59 Å². The van der Waals surface area contributed by atoms with Crippen LogP contribution < -0.4 is 0 Å². The summed E-state index contributed by atoms with van der Waals surface area (Å²) in [5.74, 6) is 11.9. The number of carbonyl (C=O) groups is 2. The van der Waals surface area contributed by atoms with Gasteiger partial charge in [0.2, 0.25) is 0 Å².